The van der Waals surface area contributed by atoms with Crippen LogP contribution in [0, 0.1) is 0 Å². The summed E-state index contributed by atoms with van der Waals surface area (Å²) in [4.78, 5) is 4.96. The SMILES string of the molecule is c1ccc(-c2ccccc2N(c2ccc3c(c2)C2(c4ccccc4-3)c3ccccc3-c3ccc(N(c4ccccc4)c4cc5ccccc5cc4-c4ccccc4)cc32)c2ccc3ccccc3c2)cc1. The van der Waals surface area contributed by atoms with E-state index in [-0.39, 0.29) is 0 Å². The molecule has 1 atom stereocenters. The Morgan fingerprint density at radius 2 is 0.620 bits per heavy atom. The van der Waals surface area contributed by atoms with Crippen molar-refractivity contribution in [2.75, 3.05) is 9.80 Å². The van der Waals surface area contributed by atoms with E-state index in [0.717, 1.165) is 34.1 Å². The maximum absolute atomic E-state index is 2.51. The molecule has 1 unspecified atom stereocenters. The van der Waals surface area contributed by atoms with Crippen molar-refractivity contribution in [3.05, 3.63) is 301 Å². The summed E-state index contributed by atoms with van der Waals surface area (Å²) in [5.74, 6) is 0. The molecule has 1 spiro atoms. The Morgan fingerprint density at radius 1 is 0.211 bits per heavy atom. The molecule has 12 aromatic carbocycles. The van der Waals surface area contributed by atoms with Crippen LogP contribution in [0.5, 0.6) is 0 Å². The van der Waals surface area contributed by atoms with E-state index in [1.807, 2.05) is 0 Å². The molecule has 0 heterocycles. The summed E-state index contributed by atoms with van der Waals surface area (Å²) in [6.07, 6.45) is 0. The van der Waals surface area contributed by atoms with Crippen LogP contribution in [0.4, 0.5) is 34.1 Å². The van der Waals surface area contributed by atoms with Crippen LogP contribution in [0.3, 0.4) is 0 Å². The molecule has 0 aromatic heterocycles. The summed E-state index contributed by atoms with van der Waals surface area (Å²) in [6.45, 7) is 0. The molecule has 0 saturated heterocycles. The smallest absolute Gasteiger partial charge is 0.0727 e. The predicted molar refractivity (Wildman–Crippen MR) is 298 cm³/mol. The van der Waals surface area contributed by atoms with E-state index in [1.54, 1.807) is 0 Å². The molecule has 0 amide bonds. The summed E-state index contributed by atoms with van der Waals surface area (Å²) in [6, 6.07) is 103. The number of rotatable bonds is 8. The fourth-order valence-corrected chi connectivity index (χ4v) is 11.9. The van der Waals surface area contributed by atoms with Gasteiger partial charge in [0.25, 0.3) is 0 Å². The van der Waals surface area contributed by atoms with E-state index in [2.05, 4.69) is 289 Å². The van der Waals surface area contributed by atoms with Crippen molar-refractivity contribution in [2.24, 2.45) is 0 Å². The van der Waals surface area contributed by atoms with Gasteiger partial charge in [-0.25, -0.2) is 0 Å². The second-order valence-electron chi connectivity index (χ2n) is 18.8. The van der Waals surface area contributed by atoms with Gasteiger partial charge in [-0.1, -0.05) is 212 Å². The monoisotopic (exact) mass is 902 g/mol. The summed E-state index contributed by atoms with van der Waals surface area (Å²) in [5, 5.41) is 4.83. The maximum Gasteiger partial charge on any atom is 0.0727 e. The van der Waals surface area contributed by atoms with Gasteiger partial charge in [0, 0.05) is 33.9 Å². The van der Waals surface area contributed by atoms with Crippen molar-refractivity contribution in [1.82, 2.24) is 0 Å². The minimum atomic E-state index is -0.619. The summed E-state index contributed by atoms with van der Waals surface area (Å²) in [5.41, 5.74) is 21.0. The van der Waals surface area contributed by atoms with E-state index in [4.69, 9.17) is 0 Å². The van der Waals surface area contributed by atoms with Crippen molar-refractivity contribution in [2.45, 2.75) is 5.41 Å². The topological polar surface area (TPSA) is 6.48 Å². The molecule has 14 rings (SSSR count). The van der Waals surface area contributed by atoms with E-state index >= 15 is 0 Å². The first-order valence-corrected chi connectivity index (χ1v) is 24.6. The number of fused-ring (bicyclic) bond motifs is 12. The van der Waals surface area contributed by atoms with Crippen LogP contribution in [0.25, 0.3) is 66.1 Å². The van der Waals surface area contributed by atoms with Gasteiger partial charge >= 0.3 is 0 Å². The second-order valence-corrected chi connectivity index (χ2v) is 18.8. The van der Waals surface area contributed by atoms with Gasteiger partial charge in [0.2, 0.25) is 0 Å². The van der Waals surface area contributed by atoms with E-state index in [0.29, 0.717) is 0 Å². The highest BCUT2D eigenvalue weighted by molar-refractivity contribution is 6.02. The number of nitrogens with zero attached hydrogens (tertiary/aromatic N) is 2. The molecular weight excluding hydrogens is 857 g/mol. The van der Waals surface area contributed by atoms with Crippen molar-refractivity contribution in [3.8, 4) is 44.5 Å². The third kappa shape index (κ3) is 6.42. The molecular formula is C69H46N2. The average molecular weight is 903 g/mol. The van der Waals surface area contributed by atoms with Crippen LogP contribution in [0.2, 0.25) is 0 Å². The molecule has 0 radical (unpaired) electrons. The molecule has 0 fully saturated rings. The van der Waals surface area contributed by atoms with E-state index < -0.39 is 5.41 Å². The third-order valence-corrected chi connectivity index (χ3v) is 15.0. The largest absolute Gasteiger partial charge is 0.310 e. The average Bonchev–Trinajstić information content (AvgIpc) is 3.91. The highest BCUT2D eigenvalue weighted by Crippen LogP contribution is 2.64. The molecule has 0 N–H and O–H groups in total. The highest BCUT2D eigenvalue weighted by Gasteiger charge is 2.52. The molecule has 2 aliphatic carbocycles. The highest BCUT2D eigenvalue weighted by atomic mass is 15.2. The third-order valence-electron chi connectivity index (χ3n) is 15.0. The first kappa shape index (κ1) is 40.8. The Bertz CT molecular complexity index is 3910. The summed E-state index contributed by atoms with van der Waals surface area (Å²) < 4.78 is 0. The lowest BCUT2D eigenvalue weighted by molar-refractivity contribution is 0.793. The molecule has 2 aliphatic rings. The van der Waals surface area contributed by atoms with Crippen LogP contribution >= 0.6 is 0 Å². The molecule has 0 saturated carbocycles. The molecule has 2 nitrogen and oxygen atoms in total. The quantitative estimate of drug-likeness (QED) is 0.150. The molecule has 71 heavy (non-hydrogen) atoms. The molecule has 0 aliphatic heterocycles. The molecule has 12 aromatic rings. The summed E-state index contributed by atoms with van der Waals surface area (Å²) in [7, 11) is 0. The van der Waals surface area contributed by atoms with Crippen molar-refractivity contribution < 1.29 is 0 Å². The second kappa shape index (κ2) is 16.5. The first-order valence-electron chi connectivity index (χ1n) is 24.6. The number of para-hydroxylation sites is 2. The predicted octanol–water partition coefficient (Wildman–Crippen LogP) is 18.6. The standard InChI is InChI=1S/C69H46N2/c1-4-21-48(22-5-1)57-30-16-19-35-67(57)71(54-37-36-47-20-10-11-25-50(47)42-54)56-39-41-61-59-32-15-18-34-64(59)69(66(61)46-56)63-33-17-14-31-58(63)60-40-38-55(45-65(60)69)70(53-28-8-3-9-29-53)68-44-52-27-13-12-26-51(52)43-62(68)49-23-6-2-7-24-49/h1-46H. The van der Waals surface area contributed by atoms with Gasteiger partial charge < -0.3 is 9.80 Å². The number of anilines is 6. The number of benzene rings is 12. The number of hydrogen-bond donors (Lipinski definition) is 0. The normalized spacial score (nSPS) is 14.0. The molecule has 2 heteroatoms. The lowest BCUT2D eigenvalue weighted by Crippen LogP contribution is -2.26. The minimum Gasteiger partial charge on any atom is -0.310 e. The van der Waals surface area contributed by atoms with Gasteiger partial charge in [-0.15, -0.1) is 0 Å². The van der Waals surface area contributed by atoms with Gasteiger partial charge in [-0.05, 0) is 144 Å². The Hall–Kier alpha value is -9.24. The van der Waals surface area contributed by atoms with Crippen molar-refractivity contribution in [1.29, 1.82) is 0 Å². The van der Waals surface area contributed by atoms with Gasteiger partial charge in [0.05, 0.1) is 16.8 Å². The van der Waals surface area contributed by atoms with Crippen LogP contribution < -0.4 is 9.80 Å². The zero-order chi connectivity index (χ0) is 46.9. The number of hydrogen-bond acceptors (Lipinski definition) is 2. The van der Waals surface area contributed by atoms with Gasteiger partial charge in [-0.2, -0.15) is 0 Å². The van der Waals surface area contributed by atoms with E-state index in [9.17, 15) is 0 Å². The molecule has 0 bridgehead atoms. The fourth-order valence-electron chi connectivity index (χ4n) is 11.9. The van der Waals surface area contributed by atoms with Gasteiger partial charge in [0.1, 0.15) is 0 Å². The van der Waals surface area contributed by atoms with Crippen molar-refractivity contribution >= 4 is 55.7 Å². The summed E-state index contributed by atoms with van der Waals surface area (Å²) >= 11 is 0. The Labute approximate surface area is 414 Å². The van der Waals surface area contributed by atoms with Crippen LogP contribution in [0.1, 0.15) is 22.3 Å². The Balaban J connectivity index is 1.04. The van der Waals surface area contributed by atoms with Gasteiger partial charge in [-0.3, -0.25) is 0 Å². The Morgan fingerprint density at radius 3 is 1.23 bits per heavy atom. The Kier molecular flexibility index (Phi) is 9.47. The van der Waals surface area contributed by atoms with Crippen molar-refractivity contribution in [3.63, 3.8) is 0 Å². The zero-order valence-electron chi connectivity index (χ0n) is 39.0. The van der Waals surface area contributed by atoms with Crippen LogP contribution in [0.15, 0.2) is 279 Å². The van der Waals surface area contributed by atoms with Crippen LogP contribution in [-0.2, 0) is 5.41 Å². The minimum absolute atomic E-state index is 0.619. The fraction of sp³-hybridized carbons (Fsp3) is 0.0145. The van der Waals surface area contributed by atoms with Crippen LogP contribution in [-0.4, -0.2) is 0 Å². The molecule has 332 valence electrons. The van der Waals surface area contributed by atoms with E-state index in [1.165, 1.54) is 88.3 Å². The van der Waals surface area contributed by atoms with Gasteiger partial charge in [0.15, 0.2) is 0 Å². The zero-order valence-corrected chi connectivity index (χ0v) is 39.0. The first-order chi connectivity index (χ1) is 35.2. The lowest BCUT2D eigenvalue weighted by Gasteiger charge is -2.34. The maximum atomic E-state index is 2.51. The lowest BCUT2D eigenvalue weighted by atomic mass is 9.70.